The lowest BCUT2D eigenvalue weighted by molar-refractivity contribution is 0.105. The topological polar surface area (TPSA) is 90.9 Å². The summed E-state index contributed by atoms with van der Waals surface area (Å²) in [5.74, 6) is 1.01. The molecule has 0 radical (unpaired) electrons. The van der Waals surface area contributed by atoms with Gasteiger partial charge in [0.1, 0.15) is 11.4 Å². The number of benzene rings is 1. The molecule has 1 aromatic carbocycles. The Morgan fingerprint density at radius 2 is 2.17 bits per heavy atom. The average molecular weight is 326 g/mol. The third kappa shape index (κ3) is 2.34. The molecule has 6 heteroatoms. The zero-order chi connectivity index (χ0) is 17.6. The van der Waals surface area contributed by atoms with Crippen molar-refractivity contribution in [1.29, 1.82) is 0 Å². The van der Waals surface area contributed by atoms with Crippen LogP contribution in [0, 0.1) is 6.92 Å². The first-order valence-corrected chi connectivity index (χ1v) is 8.18. The Balaban J connectivity index is 2.27. The molecular weight excluding hydrogens is 304 g/mol. The van der Waals surface area contributed by atoms with E-state index < -0.39 is 5.60 Å². The van der Waals surface area contributed by atoms with E-state index in [1.54, 1.807) is 0 Å². The number of hydrogen-bond acceptors (Lipinski definition) is 3. The molecule has 0 fully saturated rings. The van der Waals surface area contributed by atoms with Crippen molar-refractivity contribution in [3.8, 4) is 5.75 Å². The number of pyridine rings is 1. The van der Waals surface area contributed by atoms with Gasteiger partial charge in [-0.1, -0.05) is 25.9 Å². The molecule has 1 aromatic heterocycles. The minimum Gasteiger partial charge on any atom is -0.486 e. The molecule has 2 heterocycles. The molecule has 24 heavy (non-hydrogen) atoms. The lowest BCUT2D eigenvalue weighted by Crippen LogP contribution is -2.36. The summed E-state index contributed by atoms with van der Waals surface area (Å²) in [6.45, 7) is 10.3. The fourth-order valence-corrected chi connectivity index (χ4v) is 3.42. The Morgan fingerprint density at radius 1 is 1.46 bits per heavy atom. The molecule has 0 aliphatic carbocycles. The third-order valence-corrected chi connectivity index (χ3v) is 5.13. The van der Waals surface area contributed by atoms with E-state index in [1.165, 1.54) is 0 Å². The highest BCUT2D eigenvalue weighted by Gasteiger charge is 2.42. The lowest BCUT2D eigenvalue weighted by atomic mass is 9.86. The van der Waals surface area contributed by atoms with Gasteiger partial charge in [-0.25, -0.2) is 0 Å². The summed E-state index contributed by atoms with van der Waals surface area (Å²) >= 11 is 0. The van der Waals surface area contributed by atoms with Gasteiger partial charge in [0.15, 0.2) is 0 Å². The first kappa shape index (κ1) is 16.4. The van der Waals surface area contributed by atoms with Gasteiger partial charge in [0.25, 0.3) is 5.56 Å². The predicted molar refractivity (Wildman–Crippen MR) is 94.9 cm³/mol. The van der Waals surface area contributed by atoms with Crippen molar-refractivity contribution in [2.45, 2.75) is 52.1 Å². The summed E-state index contributed by atoms with van der Waals surface area (Å²) < 4.78 is 6.26. The standard InChI is InChI=1S/C18H22N4O2/c1-9(2)12-7-14-15(21-17(12)23)10(3)6-13-11(4)18(5,8-20-22-19)24-16(13)14/h6-7,9,11H,8H2,1-5H3,(H,21,23). The second kappa shape index (κ2) is 5.56. The molecule has 0 saturated heterocycles. The van der Waals surface area contributed by atoms with Crippen LogP contribution in [0.25, 0.3) is 21.3 Å². The van der Waals surface area contributed by atoms with Gasteiger partial charge in [-0.15, -0.1) is 0 Å². The number of aromatic amines is 1. The molecule has 3 rings (SSSR count). The van der Waals surface area contributed by atoms with E-state index in [1.807, 2.05) is 33.8 Å². The first-order chi connectivity index (χ1) is 11.3. The number of fused-ring (bicyclic) bond motifs is 3. The fraction of sp³-hybridized carbons (Fsp3) is 0.500. The van der Waals surface area contributed by atoms with E-state index >= 15 is 0 Å². The number of rotatable bonds is 3. The Hall–Kier alpha value is -2.46. The summed E-state index contributed by atoms with van der Waals surface area (Å²) in [7, 11) is 0. The highest BCUT2D eigenvalue weighted by Crippen LogP contribution is 2.48. The van der Waals surface area contributed by atoms with Crippen LogP contribution in [0.3, 0.4) is 0 Å². The van der Waals surface area contributed by atoms with Gasteiger partial charge in [-0.05, 0) is 43.0 Å². The number of nitrogens with zero attached hydrogens (tertiary/aromatic N) is 3. The largest absolute Gasteiger partial charge is 0.486 e. The van der Waals surface area contributed by atoms with E-state index in [-0.39, 0.29) is 23.9 Å². The summed E-state index contributed by atoms with van der Waals surface area (Å²) in [6, 6.07) is 4.01. The quantitative estimate of drug-likeness (QED) is 0.510. The molecule has 2 aromatic rings. The Bertz CT molecular complexity index is 925. The van der Waals surface area contributed by atoms with Crippen LogP contribution in [0.15, 0.2) is 22.0 Å². The van der Waals surface area contributed by atoms with E-state index in [0.29, 0.717) is 0 Å². The minimum atomic E-state index is -0.580. The molecule has 1 aliphatic rings. The highest BCUT2D eigenvalue weighted by atomic mass is 16.5. The van der Waals surface area contributed by atoms with Gasteiger partial charge in [0.2, 0.25) is 0 Å². The van der Waals surface area contributed by atoms with Gasteiger partial charge in [-0.3, -0.25) is 4.79 Å². The van der Waals surface area contributed by atoms with Gasteiger partial charge >= 0.3 is 0 Å². The number of H-pyrrole nitrogens is 1. The summed E-state index contributed by atoms with van der Waals surface area (Å²) in [5, 5.41) is 4.64. The number of aryl methyl sites for hydroxylation is 1. The van der Waals surface area contributed by atoms with Crippen LogP contribution >= 0.6 is 0 Å². The van der Waals surface area contributed by atoms with E-state index in [2.05, 4.69) is 28.0 Å². The van der Waals surface area contributed by atoms with Crippen LogP contribution in [-0.2, 0) is 0 Å². The Morgan fingerprint density at radius 3 is 2.79 bits per heavy atom. The number of ether oxygens (including phenoxy) is 1. The Kier molecular flexibility index (Phi) is 3.80. The van der Waals surface area contributed by atoms with Crippen molar-refractivity contribution in [3.05, 3.63) is 49.6 Å². The van der Waals surface area contributed by atoms with Crippen LogP contribution in [-0.4, -0.2) is 17.1 Å². The zero-order valence-corrected chi connectivity index (χ0v) is 14.7. The maximum Gasteiger partial charge on any atom is 0.251 e. The number of aromatic nitrogens is 1. The number of azide groups is 1. The van der Waals surface area contributed by atoms with Gasteiger partial charge in [0, 0.05) is 27.3 Å². The molecule has 6 nitrogen and oxygen atoms in total. The van der Waals surface area contributed by atoms with E-state index in [9.17, 15) is 4.79 Å². The molecule has 0 spiro atoms. The maximum absolute atomic E-state index is 12.3. The molecule has 0 amide bonds. The second-order valence-corrected chi connectivity index (χ2v) is 7.13. The van der Waals surface area contributed by atoms with Crippen LogP contribution in [0.5, 0.6) is 5.75 Å². The smallest absolute Gasteiger partial charge is 0.251 e. The second-order valence-electron chi connectivity index (χ2n) is 7.13. The van der Waals surface area contributed by atoms with Crippen molar-refractivity contribution in [2.75, 3.05) is 6.54 Å². The number of hydrogen-bond donors (Lipinski definition) is 1. The van der Waals surface area contributed by atoms with Crippen molar-refractivity contribution in [2.24, 2.45) is 5.11 Å². The average Bonchev–Trinajstić information content (AvgIpc) is 2.78. The lowest BCUT2D eigenvalue weighted by Gasteiger charge is -2.26. The molecule has 126 valence electrons. The predicted octanol–water partition coefficient (Wildman–Crippen LogP) is 4.52. The maximum atomic E-state index is 12.3. The van der Waals surface area contributed by atoms with Gasteiger partial charge < -0.3 is 9.72 Å². The Labute approximate surface area is 140 Å². The van der Waals surface area contributed by atoms with Crippen LogP contribution in [0.4, 0.5) is 0 Å². The van der Waals surface area contributed by atoms with Crippen LogP contribution < -0.4 is 10.3 Å². The summed E-state index contributed by atoms with van der Waals surface area (Å²) in [4.78, 5) is 18.2. The number of nitrogens with one attached hydrogen (secondary N) is 1. The zero-order valence-electron chi connectivity index (χ0n) is 14.7. The van der Waals surface area contributed by atoms with E-state index in [0.717, 1.165) is 33.3 Å². The van der Waals surface area contributed by atoms with Crippen LogP contribution in [0.2, 0.25) is 0 Å². The first-order valence-electron chi connectivity index (χ1n) is 8.18. The van der Waals surface area contributed by atoms with Crippen LogP contribution in [0.1, 0.15) is 56.2 Å². The molecule has 0 bridgehead atoms. The SMILES string of the molecule is Cc1cc2c(c3cc(C(C)C)c(=O)[nH]c13)OC(C)(CN=[N+]=[N-])C2C. The van der Waals surface area contributed by atoms with E-state index in [4.69, 9.17) is 10.3 Å². The normalized spacial score (nSPS) is 22.3. The van der Waals surface area contributed by atoms with Gasteiger partial charge in [0.05, 0.1) is 12.1 Å². The summed E-state index contributed by atoms with van der Waals surface area (Å²) in [5.41, 5.74) is 11.7. The van der Waals surface area contributed by atoms with Crippen molar-refractivity contribution in [1.82, 2.24) is 4.98 Å². The fourth-order valence-electron chi connectivity index (χ4n) is 3.42. The molecule has 1 aliphatic heterocycles. The molecular formula is C18H22N4O2. The monoisotopic (exact) mass is 326 g/mol. The minimum absolute atomic E-state index is 0.0524. The molecule has 0 saturated carbocycles. The molecule has 2 atom stereocenters. The highest BCUT2D eigenvalue weighted by molar-refractivity contribution is 5.90. The third-order valence-electron chi connectivity index (χ3n) is 5.13. The van der Waals surface area contributed by atoms with Gasteiger partial charge in [-0.2, -0.15) is 0 Å². The van der Waals surface area contributed by atoms with Crippen molar-refractivity contribution in [3.63, 3.8) is 0 Å². The van der Waals surface area contributed by atoms with Crippen molar-refractivity contribution >= 4 is 10.9 Å². The van der Waals surface area contributed by atoms with Crippen molar-refractivity contribution < 1.29 is 4.74 Å². The summed E-state index contributed by atoms with van der Waals surface area (Å²) in [6.07, 6.45) is 0. The molecule has 2 unspecified atom stereocenters. The molecule has 1 N–H and O–H groups in total.